The lowest BCUT2D eigenvalue weighted by Crippen LogP contribution is -2.37. The normalized spacial score (nSPS) is 17.1. The van der Waals surface area contributed by atoms with Crippen LogP contribution in [0.3, 0.4) is 0 Å². The molecule has 0 heterocycles. The molecule has 0 aliphatic heterocycles. The zero-order valence-corrected chi connectivity index (χ0v) is 14.2. The first-order chi connectivity index (χ1) is 9.99. The summed E-state index contributed by atoms with van der Waals surface area (Å²) < 4.78 is 6.76. The maximum Gasteiger partial charge on any atom is 0.260 e. The summed E-state index contributed by atoms with van der Waals surface area (Å²) in [6.45, 7) is 3.85. The van der Waals surface area contributed by atoms with Crippen molar-refractivity contribution in [2.24, 2.45) is 5.73 Å². The Labute approximate surface area is 134 Å². The van der Waals surface area contributed by atoms with Gasteiger partial charge in [-0.3, -0.25) is 4.79 Å². The Morgan fingerprint density at radius 1 is 1.52 bits per heavy atom. The van der Waals surface area contributed by atoms with Gasteiger partial charge in [0.25, 0.3) is 5.91 Å². The highest BCUT2D eigenvalue weighted by molar-refractivity contribution is 9.10. The third kappa shape index (κ3) is 5.00. The minimum atomic E-state index is -0.487. The molecule has 2 rings (SSSR count). The van der Waals surface area contributed by atoms with Crippen LogP contribution in [0.25, 0.3) is 0 Å². The van der Waals surface area contributed by atoms with Crippen molar-refractivity contribution in [2.75, 3.05) is 0 Å². The van der Waals surface area contributed by atoms with E-state index in [2.05, 4.69) is 28.2 Å². The quantitative estimate of drug-likeness (QED) is 0.791. The molecular weight excluding hydrogens is 332 g/mol. The molecule has 0 bridgehead atoms. The number of amides is 1. The average molecular weight is 355 g/mol. The monoisotopic (exact) mass is 354 g/mol. The van der Waals surface area contributed by atoms with Crippen molar-refractivity contribution in [3.05, 3.63) is 28.2 Å². The number of hydrogen-bond donors (Lipinski definition) is 2. The number of ether oxygens (including phenoxy) is 1. The number of benzene rings is 1. The van der Waals surface area contributed by atoms with Crippen molar-refractivity contribution in [2.45, 2.75) is 57.7 Å². The van der Waals surface area contributed by atoms with E-state index in [4.69, 9.17) is 10.5 Å². The summed E-state index contributed by atoms with van der Waals surface area (Å²) in [6, 6.07) is 6.25. The second kappa shape index (κ2) is 7.27. The molecule has 21 heavy (non-hydrogen) atoms. The lowest BCUT2D eigenvalue weighted by atomic mass is 10.0. The predicted molar refractivity (Wildman–Crippen MR) is 87.4 cm³/mol. The molecule has 1 amide bonds. The molecule has 5 heteroatoms. The number of nitrogens with one attached hydrogen (secondary N) is 1. The molecule has 0 spiro atoms. The fourth-order valence-electron chi connectivity index (χ4n) is 2.01. The maximum absolute atomic E-state index is 11.9. The smallest absolute Gasteiger partial charge is 0.260 e. The topological polar surface area (TPSA) is 64.3 Å². The van der Waals surface area contributed by atoms with E-state index >= 15 is 0 Å². The first-order valence-corrected chi connectivity index (χ1v) is 8.30. The van der Waals surface area contributed by atoms with Gasteiger partial charge in [-0.05, 0) is 56.4 Å². The van der Waals surface area contributed by atoms with Crippen LogP contribution in [-0.2, 0) is 11.2 Å². The van der Waals surface area contributed by atoms with Crippen LogP contribution in [0.5, 0.6) is 5.75 Å². The molecule has 2 atom stereocenters. The standard InChI is InChI=1S/C16H23BrN2O2/c1-3-12(18)8-11-9-14(6-7-15(11)17)21-10(2)16(20)19-13-4-5-13/h6-7,9-10,12-13H,3-5,8,18H2,1-2H3,(H,19,20). The largest absolute Gasteiger partial charge is 0.481 e. The van der Waals surface area contributed by atoms with E-state index in [9.17, 15) is 4.79 Å². The first-order valence-electron chi connectivity index (χ1n) is 7.50. The Hall–Kier alpha value is -1.07. The summed E-state index contributed by atoms with van der Waals surface area (Å²) in [4.78, 5) is 11.9. The molecule has 116 valence electrons. The molecule has 1 aliphatic rings. The molecule has 3 N–H and O–H groups in total. The average Bonchev–Trinajstić information content (AvgIpc) is 3.26. The van der Waals surface area contributed by atoms with E-state index in [-0.39, 0.29) is 11.9 Å². The van der Waals surface area contributed by atoms with Crippen LogP contribution in [0.1, 0.15) is 38.7 Å². The van der Waals surface area contributed by atoms with Gasteiger partial charge in [0.1, 0.15) is 5.75 Å². The Morgan fingerprint density at radius 3 is 2.86 bits per heavy atom. The summed E-state index contributed by atoms with van der Waals surface area (Å²) in [6.07, 6.45) is 3.39. The van der Waals surface area contributed by atoms with Crippen molar-refractivity contribution in [1.82, 2.24) is 5.32 Å². The van der Waals surface area contributed by atoms with Gasteiger partial charge < -0.3 is 15.8 Å². The maximum atomic E-state index is 11.9. The number of nitrogens with two attached hydrogens (primary N) is 1. The molecule has 1 aromatic carbocycles. The number of carbonyl (C=O) groups excluding carboxylic acids is 1. The Balaban J connectivity index is 1.98. The van der Waals surface area contributed by atoms with Gasteiger partial charge in [-0.1, -0.05) is 22.9 Å². The fourth-order valence-corrected chi connectivity index (χ4v) is 2.42. The lowest BCUT2D eigenvalue weighted by molar-refractivity contribution is -0.127. The van der Waals surface area contributed by atoms with Gasteiger partial charge in [-0.2, -0.15) is 0 Å². The van der Waals surface area contributed by atoms with Gasteiger partial charge in [0, 0.05) is 16.6 Å². The number of carbonyl (C=O) groups is 1. The summed E-state index contributed by atoms with van der Waals surface area (Å²) in [7, 11) is 0. The summed E-state index contributed by atoms with van der Waals surface area (Å²) in [5, 5.41) is 2.95. The SMILES string of the molecule is CCC(N)Cc1cc(OC(C)C(=O)NC2CC2)ccc1Br. The highest BCUT2D eigenvalue weighted by Crippen LogP contribution is 2.25. The third-order valence-corrected chi connectivity index (χ3v) is 4.40. The zero-order valence-electron chi connectivity index (χ0n) is 12.6. The highest BCUT2D eigenvalue weighted by atomic mass is 79.9. The molecule has 0 radical (unpaired) electrons. The number of rotatable bonds is 7. The van der Waals surface area contributed by atoms with E-state index in [1.807, 2.05) is 18.2 Å². The van der Waals surface area contributed by atoms with Crippen LogP contribution in [-0.4, -0.2) is 24.1 Å². The molecule has 1 saturated carbocycles. The minimum Gasteiger partial charge on any atom is -0.481 e. The Bertz CT molecular complexity index is 503. The van der Waals surface area contributed by atoms with Crippen molar-refractivity contribution >= 4 is 21.8 Å². The summed E-state index contributed by atoms with van der Waals surface area (Å²) in [5.74, 6) is 0.655. The van der Waals surface area contributed by atoms with E-state index in [1.54, 1.807) is 6.92 Å². The molecule has 0 aromatic heterocycles. The van der Waals surface area contributed by atoms with Crippen molar-refractivity contribution in [1.29, 1.82) is 0 Å². The number of halogens is 1. The van der Waals surface area contributed by atoms with Gasteiger partial charge in [-0.15, -0.1) is 0 Å². The van der Waals surface area contributed by atoms with E-state index in [0.717, 1.165) is 35.7 Å². The lowest BCUT2D eigenvalue weighted by Gasteiger charge is -2.16. The second-order valence-corrected chi connectivity index (χ2v) is 6.52. The summed E-state index contributed by atoms with van der Waals surface area (Å²) >= 11 is 3.53. The van der Waals surface area contributed by atoms with Crippen LogP contribution in [0, 0.1) is 0 Å². The van der Waals surface area contributed by atoms with Gasteiger partial charge >= 0.3 is 0 Å². The van der Waals surface area contributed by atoms with Gasteiger partial charge in [-0.25, -0.2) is 0 Å². The van der Waals surface area contributed by atoms with Crippen molar-refractivity contribution in [3.63, 3.8) is 0 Å². The van der Waals surface area contributed by atoms with E-state index < -0.39 is 6.10 Å². The van der Waals surface area contributed by atoms with Crippen LogP contribution >= 0.6 is 15.9 Å². The summed E-state index contributed by atoms with van der Waals surface area (Å²) in [5.41, 5.74) is 7.12. The number of hydrogen-bond acceptors (Lipinski definition) is 3. The minimum absolute atomic E-state index is 0.0489. The molecule has 1 aromatic rings. The van der Waals surface area contributed by atoms with Crippen LogP contribution in [0.2, 0.25) is 0 Å². The van der Waals surface area contributed by atoms with Gasteiger partial charge in [0.2, 0.25) is 0 Å². The van der Waals surface area contributed by atoms with E-state index in [1.165, 1.54) is 0 Å². The highest BCUT2D eigenvalue weighted by Gasteiger charge is 2.26. The Morgan fingerprint density at radius 2 is 2.24 bits per heavy atom. The molecule has 0 saturated heterocycles. The first kappa shape index (κ1) is 16.3. The van der Waals surface area contributed by atoms with Crippen LogP contribution in [0.4, 0.5) is 0 Å². The second-order valence-electron chi connectivity index (χ2n) is 5.67. The van der Waals surface area contributed by atoms with Crippen molar-refractivity contribution < 1.29 is 9.53 Å². The van der Waals surface area contributed by atoms with Crippen LogP contribution in [0.15, 0.2) is 22.7 Å². The molecule has 4 nitrogen and oxygen atoms in total. The van der Waals surface area contributed by atoms with Crippen molar-refractivity contribution in [3.8, 4) is 5.75 Å². The molecular formula is C16H23BrN2O2. The fraction of sp³-hybridized carbons (Fsp3) is 0.562. The van der Waals surface area contributed by atoms with Gasteiger partial charge in [0.15, 0.2) is 6.10 Å². The van der Waals surface area contributed by atoms with Gasteiger partial charge in [0.05, 0.1) is 0 Å². The third-order valence-electron chi connectivity index (χ3n) is 3.63. The molecule has 1 fully saturated rings. The molecule has 2 unspecified atom stereocenters. The molecule has 1 aliphatic carbocycles. The predicted octanol–water partition coefficient (Wildman–Crippen LogP) is 2.77. The zero-order chi connectivity index (χ0) is 15.4. The van der Waals surface area contributed by atoms with E-state index in [0.29, 0.717) is 11.8 Å². The Kier molecular flexibility index (Phi) is 5.65. The van der Waals surface area contributed by atoms with Crippen LogP contribution < -0.4 is 15.8 Å².